The molecule has 0 aliphatic carbocycles. The number of nitrogens with two attached hydrogens (primary N) is 2. The lowest BCUT2D eigenvalue weighted by Crippen LogP contribution is -2.35. The Bertz CT molecular complexity index is 286. The maximum absolute atomic E-state index is 5.75. The summed E-state index contributed by atoms with van der Waals surface area (Å²) in [6, 6.07) is 3.79. The van der Waals surface area contributed by atoms with Crippen molar-refractivity contribution in [2.45, 2.75) is 6.04 Å². The van der Waals surface area contributed by atoms with E-state index < -0.39 is 0 Å². The van der Waals surface area contributed by atoms with Crippen molar-refractivity contribution < 1.29 is 0 Å². The van der Waals surface area contributed by atoms with Gasteiger partial charge in [0, 0.05) is 18.3 Å². The van der Waals surface area contributed by atoms with Crippen LogP contribution in [0, 0.1) is 0 Å². The van der Waals surface area contributed by atoms with Gasteiger partial charge in [-0.05, 0) is 20.2 Å². The number of nitrogens with one attached hydrogen (secondary N) is 1. The van der Waals surface area contributed by atoms with E-state index in [4.69, 9.17) is 11.6 Å². The summed E-state index contributed by atoms with van der Waals surface area (Å²) in [5.74, 6) is 5.99. The van der Waals surface area contributed by atoms with Crippen molar-refractivity contribution in [3.63, 3.8) is 0 Å². The number of hydrogen-bond acceptors (Lipinski definition) is 5. The monoisotopic (exact) mass is 195 g/mol. The quantitative estimate of drug-likeness (QED) is 0.455. The molecule has 0 aliphatic rings. The molecule has 0 bridgehead atoms. The Morgan fingerprint density at radius 3 is 2.79 bits per heavy atom. The Morgan fingerprint density at radius 2 is 2.29 bits per heavy atom. The second kappa shape index (κ2) is 4.90. The number of nitrogen functional groups attached to an aromatic ring is 1. The lowest BCUT2D eigenvalue weighted by atomic mass is 10.1. The van der Waals surface area contributed by atoms with E-state index in [-0.39, 0.29) is 6.04 Å². The van der Waals surface area contributed by atoms with Gasteiger partial charge in [-0.3, -0.25) is 11.3 Å². The number of likely N-dealkylation sites (N-methyl/N-ethyl adjacent to an activating group) is 1. The molecule has 0 aliphatic heterocycles. The molecule has 1 unspecified atom stereocenters. The van der Waals surface area contributed by atoms with Crippen LogP contribution in [-0.4, -0.2) is 30.5 Å². The molecule has 0 fully saturated rings. The van der Waals surface area contributed by atoms with Gasteiger partial charge in [0.2, 0.25) is 0 Å². The van der Waals surface area contributed by atoms with Gasteiger partial charge < -0.3 is 10.6 Å². The topological polar surface area (TPSA) is 80.2 Å². The normalized spacial score (nSPS) is 13.1. The molecule has 1 rings (SSSR count). The van der Waals surface area contributed by atoms with Gasteiger partial charge in [0.25, 0.3) is 0 Å². The third-order valence-corrected chi connectivity index (χ3v) is 2.00. The summed E-state index contributed by atoms with van der Waals surface area (Å²) < 4.78 is 0. The Labute approximate surface area is 84.1 Å². The summed E-state index contributed by atoms with van der Waals surface area (Å²) in [6.07, 6.45) is 1.67. The Morgan fingerprint density at radius 1 is 1.57 bits per heavy atom. The first kappa shape index (κ1) is 10.9. The number of nitrogens with zero attached hydrogens (tertiary/aromatic N) is 2. The van der Waals surface area contributed by atoms with E-state index in [1.54, 1.807) is 6.20 Å². The fourth-order valence-electron chi connectivity index (χ4n) is 1.33. The van der Waals surface area contributed by atoms with Crippen LogP contribution < -0.4 is 17.0 Å². The predicted molar refractivity (Wildman–Crippen MR) is 57.3 cm³/mol. The first-order chi connectivity index (χ1) is 6.65. The average molecular weight is 195 g/mol. The molecule has 1 aromatic heterocycles. The number of anilines is 1. The van der Waals surface area contributed by atoms with Crippen molar-refractivity contribution in [2.75, 3.05) is 26.4 Å². The van der Waals surface area contributed by atoms with Gasteiger partial charge in [-0.1, -0.05) is 6.07 Å². The molecule has 78 valence electrons. The molecule has 0 radical (unpaired) electrons. The first-order valence-electron chi connectivity index (χ1n) is 4.46. The van der Waals surface area contributed by atoms with Crippen molar-refractivity contribution in [2.24, 2.45) is 5.84 Å². The molecule has 0 spiro atoms. The van der Waals surface area contributed by atoms with Crippen LogP contribution >= 0.6 is 0 Å². The minimum absolute atomic E-state index is 0.0127. The standard InChI is InChI=1S/C9H17N5/c1-14(2)6-8(13-11)7-4-3-5-12-9(7)10/h3-5,8,13H,6,11H2,1-2H3,(H2,10,12). The minimum atomic E-state index is 0.0127. The van der Waals surface area contributed by atoms with Crippen molar-refractivity contribution in [1.29, 1.82) is 0 Å². The van der Waals surface area contributed by atoms with E-state index in [1.807, 2.05) is 31.1 Å². The average Bonchev–Trinajstić information content (AvgIpc) is 2.15. The number of pyridine rings is 1. The lowest BCUT2D eigenvalue weighted by Gasteiger charge is -2.21. The second-order valence-electron chi connectivity index (χ2n) is 3.46. The van der Waals surface area contributed by atoms with Crippen LogP contribution in [0.2, 0.25) is 0 Å². The largest absolute Gasteiger partial charge is 0.383 e. The number of rotatable bonds is 4. The summed E-state index contributed by atoms with van der Waals surface area (Å²) in [6.45, 7) is 0.784. The maximum Gasteiger partial charge on any atom is 0.128 e. The van der Waals surface area contributed by atoms with Crippen LogP contribution in [0.3, 0.4) is 0 Å². The van der Waals surface area contributed by atoms with Gasteiger partial charge in [-0.15, -0.1) is 0 Å². The molecule has 5 N–H and O–H groups in total. The summed E-state index contributed by atoms with van der Waals surface area (Å²) in [5, 5.41) is 0. The second-order valence-corrected chi connectivity index (χ2v) is 3.46. The van der Waals surface area contributed by atoms with Gasteiger partial charge in [-0.25, -0.2) is 4.98 Å². The Balaban J connectivity index is 2.83. The molecular formula is C9H17N5. The van der Waals surface area contributed by atoms with Crippen molar-refractivity contribution in [3.05, 3.63) is 23.9 Å². The lowest BCUT2D eigenvalue weighted by molar-refractivity contribution is 0.344. The molecule has 0 saturated heterocycles. The molecule has 0 amide bonds. The SMILES string of the molecule is CN(C)CC(NN)c1cccnc1N. The summed E-state index contributed by atoms with van der Waals surface area (Å²) in [7, 11) is 3.97. The highest BCUT2D eigenvalue weighted by atomic mass is 15.3. The van der Waals surface area contributed by atoms with Crippen LogP contribution in [0.25, 0.3) is 0 Å². The molecule has 1 aromatic rings. The Kier molecular flexibility index (Phi) is 3.82. The van der Waals surface area contributed by atoms with Crippen LogP contribution in [0.1, 0.15) is 11.6 Å². The fraction of sp³-hybridized carbons (Fsp3) is 0.444. The van der Waals surface area contributed by atoms with E-state index in [0.29, 0.717) is 5.82 Å². The van der Waals surface area contributed by atoms with Gasteiger partial charge in [0.1, 0.15) is 5.82 Å². The molecule has 0 aromatic carbocycles. The van der Waals surface area contributed by atoms with E-state index in [2.05, 4.69) is 10.4 Å². The maximum atomic E-state index is 5.75. The van der Waals surface area contributed by atoms with E-state index in [0.717, 1.165) is 12.1 Å². The van der Waals surface area contributed by atoms with Gasteiger partial charge in [0.15, 0.2) is 0 Å². The molecule has 1 atom stereocenters. The van der Waals surface area contributed by atoms with E-state index >= 15 is 0 Å². The van der Waals surface area contributed by atoms with Crippen LogP contribution in [0.5, 0.6) is 0 Å². The van der Waals surface area contributed by atoms with Crippen molar-refractivity contribution >= 4 is 5.82 Å². The number of hydrazine groups is 1. The zero-order valence-electron chi connectivity index (χ0n) is 8.57. The molecule has 1 heterocycles. The van der Waals surface area contributed by atoms with Gasteiger partial charge in [0.05, 0.1) is 6.04 Å². The summed E-state index contributed by atoms with van der Waals surface area (Å²) >= 11 is 0. The molecule has 14 heavy (non-hydrogen) atoms. The number of hydrogen-bond donors (Lipinski definition) is 3. The molecule has 5 heteroatoms. The van der Waals surface area contributed by atoms with E-state index in [9.17, 15) is 0 Å². The summed E-state index contributed by atoms with van der Waals surface area (Å²) in [4.78, 5) is 6.06. The number of aromatic nitrogens is 1. The third kappa shape index (κ3) is 2.66. The molecular weight excluding hydrogens is 178 g/mol. The van der Waals surface area contributed by atoms with E-state index in [1.165, 1.54) is 0 Å². The van der Waals surface area contributed by atoms with Crippen molar-refractivity contribution in [3.8, 4) is 0 Å². The minimum Gasteiger partial charge on any atom is -0.383 e. The van der Waals surface area contributed by atoms with Crippen LogP contribution in [0.4, 0.5) is 5.82 Å². The first-order valence-corrected chi connectivity index (χ1v) is 4.46. The van der Waals surface area contributed by atoms with Crippen LogP contribution in [0.15, 0.2) is 18.3 Å². The molecule has 0 saturated carbocycles. The predicted octanol–water partition coefficient (Wildman–Crippen LogP) is -0.270. The zero-order chi connectivity index (χ0) is 10.6. The van der Waals surface area contributed by atoms with Crippen LogP contribution in [-0.2, 0) is 0 Å². The third-order valence-electron chi connectivity index (χ3n) is 2.00. The highest BCUT2D eigenvalue weighted by Gasteiger charge is 2.13. The van der Waals surface area contributed by atoms with Gasteiger partial charge in [-0.2, -0.15) is 0 Å². The fourth-order valence-corrected chi connectivity index (χ4v) is 1.33. The molecule has 5 nitrogen and oxygen atoms in total. The highest BCUT2D eigenvalue weighted by Crippen LogP contribution is 2.17. The summed E-state index contributed by atoms with van der Waals surface area (Å²) in [5.41, 5.74) is 9.41. The van der Waals surface area contributed by atoms with Crippen molar-refractivity contribution in [1.82, 2.24) is 15.3 Å². The highest BCUT2D eigenvalue weighted by molar-refractivity contribution is 5.40. The Hall–Kier alpha value is -1.17. The zero-order valence-corrected chi connectivity index (χ0v) is 8.57. The smallest absolute Gasteiger partial charge is 0.128 e. The van der Waals surface area contributed by atoms with Gasteiger partial charge >= 0.3 is 0 Å².